The fourth-order valence-corrected chi connectivity index (χ4v) is 2.54. The van der Waals surface area contributed by atoms with E-state index < -0.39 is 0 Å². The highest BCUT2D eigenvalue weighted by Gasteiger charge is 2.06. The number of unbranched alkanes of at least 4 members (excludes halogenated alkanes) is 5. The molecule has 4 nitrogen and oxygen atoms in total. The number of esters is 2. The molecule has 0 aliphatic heterocycles. The first-order chi connectivity index (χ1) is 12.4. The summed E-state index contributed by atoms with van der Waals surface area (Å²) in [4.78, 5) is 23.3. The van der Waals surface area contributed by atoms with Gasteiger partial charge < -0.3 is 9.47 Å². The SMILES string of the molecule is Cc1ccc(OC(=O)CCCCCCCCC(=O)OCC(C)C)cc1C. The Hall–Kier alpha value is -1.84. The number of aryl methyl sites for hydroxylation is 2. The second-order valence-electron chi connectivity index (χ2n) is 7.42. The first-order valence-corrected chi connectivity index (χ1v) is 9.82. The van der Waals surface area contributed by atoms with E-state index >= 15 is 0 Å². The lowest BCUT2D eigenvalue weighted by Crippen LogP contribution is -2.09. The Labute approximate surface area is 158 Å². The van der Waals surface area contributed by atoms with Gasteiger partial charge in [0.1, 0.15) is 5.75 Å². The van der Waals surface area contributed by atoms with Crippen LogP contribution in [0.15, 0.2) is 18.2 Å². The third kappa shape index (κ3) is 10.2. The quantitative estimate of drug-likeness (QED) is 0.279. The Kier molecular flexibility index (Phi) is 10.7. The van der Waals surface area contributed by atoms with Crippen LogP contribution in [0.1, 0.15) is 76.3 Å². The van der Waals surface area contributed by atoms with Crippen LogP contribution >= 0.6 is 0 Å². The first kappa shape index (κ1) is 22.2. The van der Waals surface area contributed by atoms with E-state index in [1.165, 1.54) is 5.56 Å². The summed E-state index contributed by atoms with van der Waals surface area (Å²) in [6.45, 7) is 8.62. The smallest absolute Gasteiger partial charge is 0.311 e. The summed E-state index contributed by atoms with van der Waals surface area (Å²) in [7, 11) is 0. The molecule has 0 bridgehead atoms. The third-order valence-corrected chi connectivity index (χ3v) is 4.30. The van der Waals surface area contributed by atoms with Crippen LogP contribution in [0.2, 0.25) is 0 Å². The average molecular weight is 363 g/mol. The molecule has 1 aromatic carbocycles. The molecule has 0 aliphatic carbocycles. The highest BCUT2D eigenvalue weighted by molar-refractivity contribution is 5.72. The van der Waals surface area contributed by atoms with Crippen molar-refractivity contribution in [3.63, 3.8) is 0 Å². The predicted molar refractivity (Wildman–Crippen MR) is 104 cm³/mol. The van der Waals surface area contributed by atoms with Gasteiger partial charge in [-0.25, -0.2) is 0 Å². The molecular formula is C22H34O4. The highest BCUT2D eigenvalue weighted by Crippen LogP contribution is 2.17. The maximum absolute atomic E-state index is 11.9. The Morgan fingerprint density at radius 1 is 0.846 bits per heavy atom. The lowest BCUT2D eigenvalue weighted by Gasteiger charge is -2.07. The molecule has 0 N–H and O–H groups in total. The van der Waals surface area contributed by atoms with Crippen molar-refractivity contribution in [3.8, 4) is 5.75 Å². The zero-order valence-corrected chi connectivity index (χ0v) is 16.8. The Bertz CT molecular complexity index is 563. The van der Waals surface area contributed by atoms with Crippen LogP contribution in [-0.4, -0.2) is 18.5 Å². The summed E-state index contributed by atoms with van der Waals surface area (Å²) in [5.74, 6) is 0.761. The Morgan fingerprint density at radius 3 is 2.00 bits per heavy atom. The van der Waals surface area contributed by atoms with Crippen molar-refractivity contribution in [1.29, 1.82) is 0 Å². The maximum Gasteiger partial charge on any atom is 0.311 e. The maximum atomic E-state index is 11.9. The van der Waals surface area contributed by atoms with Crippen molar-refractivity contribution in [2.45, 2.75) is 79.1 Å². The van der Waals surface area contributed by atoms with Gasteiger partial charge in [0.2, 0.25) is 0 Å². The fourth-order valence-electron chi connectivity index (χ4n) is 2.54. The monoisotopic (exact) mass is 362 g/mol. The second-order valence-corrected chi connectivity index (χ2v) is 7.42. The van der Waals surface area contributed by atoms with Gasteiger partial charge in [-0.1, -0.05) is 45.6 Å². The summed E-state index contributed by atoms with van der Waals surface area (Å²) in [5.41, 5.74) is 2.32. The molecule has 4 heteroatoms. The Balaban J connectivity index is 2.00. The first-order valence-electron chi connectivity index (χ1n) is 9.82. The van der Waals surface area contributed by atoms with Crippen molar-refractivity contribution < 1.29 is 19.1 Å². The zero-order chi connectivity index (χ0) is 19.4. The fraction of sp³-hybridized carbons (Fsp3) is 0.636. The molecule has 0 heterocycles. The lowest BCUT2D eigenvalue weighted by molar-refractivity contribution is -0.144. The van der Waals surface area contributed by atoms with Crippen LogP contribution in [0.25, 0.3) is 0 Å². The van der Waals surface area contributed by atoms with Crippen LogP contribution in [0.3, 0.4) is 0 Å². The lowest BCUT2D eigenvalue weighted by atomic mass is 10.1. The summed E-state index contributed by atoms with van der Waals surface area (Å²) in [6.07, 6.45) is 6.90. The highest BCUT2D eigenvalue weighted by atomic mass is 16.5. The predicted octanol–water partition coefficient (Wildman–Crippen LogP) is 5.53. The van der Waals surface area contributed by atoms with E-state index in [4.69, 9.17) is 9.47 Å². The molecule has 1 rings (SSSR count). The molecule has 26 heavy (non-hydrogen) atoms. The minimum Gasteiger partial charge on any atom is -0.465 e. The summed E-state index contributed by atoms with van der Waals surface area (Å²) >= 11 is 0. The van der Waals surface area contributed by atoms with Gasteiger partial charge in [-0.2, -0.15) is 0 Å². The van der Waals surface area contributed by atoms with Gasteiger partial charge in [-0.3, -0.25) is 9.59 Å². The summed E-state index contributed by atoms with van der Waals surface area (Å²) in [6, 6.07) is 5.71. The van der Waals surface area contributed by atoms with Gasteiger partial charge in [0.05, 0.1) is 6.61 Å². The van der Waals surface area contributed by atoms with Crippen LogP contribution in [0.4, 0.5) is 0 Å². The van der Waals surface area contributed by atoms with Gasteiger partial charge in [0.25, 0.3) is 0 Å². The number of benzene rings is 1. The Morgan fingerprint density at radius 2 is 1.42 bits per heavy atom. The molecule has 0 unspecified atom stereocenters. The van der Waals surface area contributed by atoms with E-state index in [1.807, 2.05) is 45.9 Å². The number of rotatable bonds is 12. The van der Waals surface area contributed by atoms with Crippen LogP contribution in [0.5, 0.6) is 5.75 Å². The summed E-state index contributed by atoms with van der Waals surface area (Å²) in [5, 5.41) is 0. The molecular weight excluding hydrogens is 328 g/mol. The minimum absolute atomic E-state index is 0.0900. The molecule has 0 amide bonds. The van der Waals surface area contributed by atoms with Gasteiger partial charge in [-0.15, -0.1) is 0 Å². The van der Waals surface area contributed by atoms with Crippen molar-refractivity contribution in [1.82, 2.24) is 0 Å². The van der Waals surface area contributed by atoms with E-state index in [2.05, 4.69) is 0 Å². The van der Waals surface area contributed by atoms with E-state index in [0.29, 0.717) is 31.1 Å². The second kappa shape index (κ2) is 12.5. The van der Waals surface area contributed by atoms with Crippen molar-refractivity contribution in [3.05, 3.63) is 29.3 Å². The van der Waals surface area contributed by atoms with Crippen molar-refractivity contribution >= 4 is 11.9 Å². The topological polar surface area (TPSA) is 52.6 Å². The molecule has 0 atom stereocenters. The van der Waals surface area contributed by atoms with Gasteiger partial charge in [-0.05, 0) is 55.9 Å². The van der Waals surface area contributed by atoms with E-state index in [9.17, 15) is 9.59 Å². The number of carbonyl (C=O) groups is 2. The van der Waals surface area contributed by atoms with Crippen molar-refractivity contribution in [2.24, 2.45) is 5.92 Å². The van der Waals surface area contributed by atoms with Crippen molar-refractivity contribution in [2.75, 3.05) is 6.61 Å². The third-order valence-electron chi connectivity index (χ3n) is 4.30. The molecule has 1 aromatic rings. The van der Waals surface area contributed by atoms with Gasteiger partial charge >= 0.3 is 11.9 Å². The molecule has 0 saturated carbocycles. The van der Waals surface area contributed by atoms with E-state index in [-0.39, 0.29) is 11.9 Å². The van der Waals surface area contributed by atoms with Gasteiger partial charge in [0, 0.05) is 12.8 Å². The molecule has 0 saturated heterocycles. The van der Waals surface area contributed by atoms with Gasteiger partial charge in [0.15, 0.2) is 0 Å². The average Bonchev–Trinajstić information content (AvgIpc) is 2.58. The number of hydrogen-bond donors (Lipinski definition) is 0. The standard InChI is InChI=1S/C22H34O4/c1-17(2)16-25-21(23)11-9-7-5-6-8-10-12-22(24)26-20-14-13-18(3)19(4)15-20/h13-15,17H,5-12,16H2,1-4H3. The molecule has 0 radical (unpaired) electrons. The molecule has 0 aromatic heterocycles. The number of hydrogen-bond acceptors (Lipinski definition) is 4. The van der Waals surface area contributed by atoms with E-state index in [1.54, 1.807) is 0 Å². The molecule has 146 valence electrons. The molecule has 0 fully saturated rings. The van der Waals surface area contributed by atoms with Crippen LogP contribution in [0, 0.1) is 19.8 Å². The molecule has 0 aliphatic rings. The number of carbonyl (C=O) groups excluding carboxylic acids is 2. The number of ether oxygens (including phenoxy) is 2. The summed E-state index contributed by atoms with van der Waals surface area (Å²) < 4.78 is 10.5. The molecule has 0 spiro atoms. The van der Waals surface area contributed by atoms with Crippen LogP contribution in [-0.2, 0) is 14.3 Å². The van der Waals surface area contributed by atoms with Crippen LogP contribution < -0.4 is 4.74 Å². The van der Waals surface area contributed by atoms with E-state index in [0.717, 1.165) is 44.1 Å². The largest absolute Gasteiger partial charge is 0.465 e. The zero-order valence-electron chi connectivity index (χ0n) is 16.8. The minimum atomic E-state index is -0.166. The normalized spacial score (nSPS) is 10.8.